The Bertz CT molecular complexity index is 966. The van der Waals surface area contributed by atoms with Crippen LogP contribution in [0.3, 0.4) is 0 Å². The number of rotatable bonds is 8. The molecule has 0 radical (unpaired) electrons. The lowest BCUT2D eigenvalue weighted by atomic mass is 9.88. The van der Waals surface area contributed by atoms with E-state index in [9.17, 15) is 5.11 Å². The van der Waals surface area contributed by atoms with Crippen LogP contribution in [-0.2, 0) is 0 Å². The van der Waals surface area contributed by atoms with Crippen molar-refractivity contribution < 1.29 is 9.84 Å². The van der Waals surface area contributed by atoms with Crippen LogP contribution in [0, 0.1) is 0 Å². The lowest BCUT2D eigenvalue weighted by molar-refractivity contribution is 0.316. The van der Waals surface area contributed by atoms with Crippen molar-refractivity contribution in [2.24, 2.45) is 0 Å². The van der Waals surface area contributed by atoms with E-state index >= 15 is 0 Å². The number of nitrogens with one attached hydrogen (secondary N) is 1. The number of aromatic hydroxyl groups is 1. The quantitative estimate of drug-likeness (QED) is 0.320. The Hall–Kier alpha value is -2.56. The third-order valence-electron chi connectivity index (χ3n) is 4.76. The molecule has 3 rings (SSSR count). The molecule has 0 heterocycles. The minimum Gasteiger partial charge on any atom is -0.508 e. The average molecular weight is 452 g/mol. The first kappa shape index (κ1) is 21.2. The van der Waals surface area contributed by atoms with Crippen LogP contribution in [0.25, 0.3) is 11.1 Å². The Morgan fingerprint density at radius 1 is 0.931 bits per heavy atom. The molecule has 0 bridgehead atoms. The summed E-state index contributed by atoms with van der Waals surface area (Å²) >= 11 is 3.67. The number of hydrogen-bond donors (Lipinski definition) is 2. The van der Waals surface area contributed by atoms with Gasteiger partial charge in [-0.05, 0) is 81.5 Å². The predicted octanol–water partition coefficient (Wildman–Crippen LogP) is 6.12. The van der Waals surface area contributed by atoms with E-state index in [0.717, 1.165) is 39.9 Å². The van der Waals surface area contributed by atoms with Gasteiger partial charge in [0.15, 0.2) is 0 Å². The van der Waals surface area contributed by atoms with Crippen molar-refractivity contribution in [3.05, 3.63) is 94.0 Å². The second-order valence-electron chi connectivity index (χ2n) is 6.72. The zero-order chi connectivity index (χ0) is 20.6. The van der Waals surface area contributed by atoms with Gasteiger partial charge in [0.1, 0.15) is 18.1 Å². The maximum absolute atomic E-state index is 9.76. The van der Waals surface area contributed by atoms with E-state index in [4.69, 9.17) is 4.74 Å². The highest BCUT2D eigenvalue weighted by Crippen LogP contribution is 2.37. The standard InChI is InChI=1S/C25H26BrNO2/c1-3-22(18-7-5-4-6-8-18)25(19-9-12-21(28)13-10-19)20-11-14-24(23(26)17-20)29-16-15-27-2/h4-14,17,27-28H,3,15-16H2,1-2H3/b25-22+. The van der Waals surface area contributed by atoms with Crippen molar-refractivity contribution in [2.45, 2.75) is 13.3 Å². The van der Waals surface area contributed by atoms with Crippen molar-refractivity contribution >= 4 is 27.1 Å². The summed E-state index contributed by atoms with van der Waals surface area (Å²) in [6, 6.07) is 24.1. The fraction of sp³-hybridized carbons (Fsp3) is 0.200. The summed E-state index contributed by atoms with van der Waals surface area (Å²) in [4.78, 5) is 0. The third-order valence-corrected chi connectivity index (χ3v) is 5.38. The monoisotopic (exact) mass is 451 g/mol. The van der Waals surface area contributed by atoms with Gasteiger partial charge in [-0.1, -0.05) is 55.5 Å². The van der Waals surface area contributed by atoms with Gasteiger partial charge in [0.05, 0.1) is 4.47 Å². The smallest absolute Gasteiger partial charge is 0.133 e. The van der Waals surface area contributed by atoms with E-state index < -0.39 is 0 Å². The van der Waals surface area contributed by atoms with Gasteiger partial charge >= 0.3 is 0 Å². The van der Waals surface area contributed by atoms with E-state index in [-0.39, 0.29) is 5.75 Å². The van der Waals surface area contributed by atoms with Crippen molar-refractivity contribution in [1.82, 2.24) is 5.32 Å². The fourth-order valence-corrected chi connectivity index (χ4v) is 3.84. The van der Waals surface area contributed by atoms with Gasteiger partial charge < -0.3 is 15.2 Å². The van der Waals surface area contributed by atoms with E-state index in [2.05, 4.69) is 64.6 Å². The summed E-state index contributed by atoms with van der Waals surface area (Å²) in [5.74, 6) is 1.09. The minimum atomic E-state index is 0.264. The first-order chi connectivity index (χ1) is 14.1. The summed E-state index contributed by atoms with van der Waals surface area (Å²) in [7, 11) is 1.91. The topological polar surface area (TPSA) is 41.5 Å². The molecule has 0 aliphatic carbocycles. The van der Waals surface area contributed by atoms with Crippen LogP contribution in [0.1, 0.15) is 30.0 Å². The number of likely N-dealkylation sites (N-methyl/N-ethyl adjacent to an activating group) is 1. The Morgan fingerprint density at radius 2 is 1.62 bits per heavy atom. The zero-order valence-electron chi connectivity index (χ0n) is 16.8. The fourth-order valence-electron chi connectivity index (χ4n) is 3.34. The molecular formula is C25H26BrNO2. The predicted molar refractivity (Wildman–Crippen MR) is 124 cm³/mol. The summed E-state index contributed by atoms with van der Waals surface area (Å²) in [6.07, 6.45) is 0.887. The average Bonchev–Trinajstić information content (AvgIpc) is 2.75. The van der Waals surface area contributed by atoms with Gasteiger partial charge in [-0.15, -0.1) is 0 Å². The number of benzene rings is 3. The molecule has 2 N–H and O–H groups in total. The molecule has 0 saturated carbocycles. The molecule has 0 spiro atoms. The molecule has 0 amide bonds. The molecule has 150 valence electrons. The van der Waals surface area contributed by atoms with Crippen molar-refractivity contribution in [1.29, 1.82) is 0 Å². The molecule has 3 nitrogen and oxygen atoms in total. The summed E-state index contributed by atoms with van der Waals surface area (Å²) in [5, 5.41) is 12.8. The van der Waals surface area contributed by atoms with E-state index in [1.807, 2.05) is 31.3 Å². The molecular weight excluding hydrogens is 426 g/mol. The van der Waals surface area contributed by atoms with Gasteiger partial charge in [0, 0.05) is 6.54 Å². The van der Waals surface area contributed by atoms with E-state index in [1.54, 1.807) is 12.1 Å². The molecule has 0 aliphatic rings. The number of ether oxygens (including phenoxy) is 1. The van der Waals surface area contributed by atoms with Gasteiger partial charge in [-0.2, -0.15) is 0 Å². The van der Waals surface area contributed by atoms with Crippen LogP contribution in [0.15, 0.2) is 77.3 Å². The lowest BCUT2D eigenvalue weighted by Gasteiger charge is -2.18. The van der Waals surface area contributed by atoms with Crippen LogP contribution in [0.4, 0.5) is 0 Å². The Labute approximate surface area is 181 Å². The van der Waals surface area contributed by atoms with Gasteiger partial charge in [0.25, 0.3) is 0 Å². The molecule has 0 aliphatic heterocycles. The minimum absolute atomic E-state index is 0.264. The Kier molecular flexibility index (Phi) is 7.50. The molecule has 0 unspecified atom stereocenters. The number of halogens is 1. The molecule has 0 fully saturated rings. The Balaban J connectivity index is 2.12. The van der Waals surface area contributed by atoms with Crippen LogP contribution in [-0.4, -0.2) is 25.3 Å². The van der Waals surface area contributed by atoms with Gasteiger partial charge in [0.2, 0.25) is 0 Å². The number of hydrogen-bond acceptors (Lipinski definition) is 3. The lowest BCUT2D eigenvalue weighted by Crippen LogP contribution is -2.16. The van der Waals surface area contributed by atoms with Gasteiger partial charge in [-0.3, -0.25) is 0 Å². The highest BCUT2D eigenvalue weighted by molar-refractivity contribution is 9.10. The third kappa shape index (κ3) is 5.28. The van der Waals surface area contributed by atoms with Crippen molar-refractivity contribution in [3.8, 4) is 11.5 Å². The molecule has 0 saturated heterocycles. The molecule has 0 atom stereocenters. The first-order valence-electron chi connectivity index (χ1n) is 9.79. The maximum Gasteiger partial charge on any atom is 0.133 e. The Morgan fingerprint density at radius 3 is 2.24 bits per heavy atom. The molecule has 0 aromatic heterocycles. The number of phenols is 1. The molecule has 3 aromatic carbocycles. The van der Waals surface area contributed by atoms with Gasteiger partial charge in [-0.25, -0.2) is 0 Å². The number of allylic oxidation sites excluding steroid dienone is 1. The maximum atomic E-state index is 9.76. The van der Waals surface area contributed by atoms with Crippen molar-refractivity contribution in [3.63, 3.8) is 0 Å². The summed E-state index contributed by atoms with van der Waals surface area (Å²) < 4.78 is 6.77. The second kappa shape index (κ2) is 10.3. The molecule has 29 heavy (non-hydrogen) atoms. The zero-order valence-corrected chi connectivity index (χ0v) is 18.4. The molecule has 4 heteroatoms. The highest BCUT2D eigenvalue weighted by Gasteiger charge is 2.15. The van der Waals surface area contributed by atoms with Crippen LogP contribution >= 0.6 is 15.9 Å². The highest BCUT2D eigenvalue weighted by atomic mass is 79.9. The number of phenolic OH excluding ortho intramolecular Hbond substituents is 1. The first-order valence-corrected chi connectivity index (χ1v) is 10.6. The van der Waals surface area contributed by atoms with E-state index in [0.29, 0.717) is 6.61 Å². The van der Waals surface area contributed by atoms with Crippen LogP contribution < -0.4 is 10.1 Å². The summed E-state index contributed by atoms with van der Waals surface area (Å²) in [5.41, 5.74) is 5.78. The second-order valence-corrected chi connectivity index (χ2v) is 7.57. The van der Waals surface area contributed by atoms with Crippen LogP contribution in [0.2, 0.25) is 0 Å². The van der Waals surface area contributed by atoms with E-state index in [1.165, 1.54) is 11.1 Å². The summed E-state index contributed by atoms with van der Waals surface area (Å²) in [6.45, 7) is 3.58. The van der Waals surface area contributed by atoms with Crippen LogP contribution in [0.5, 0.6) is 11.5 Å². The van der Waals surface area contributed by atoms with Crippen molar-refractivity contribution in [2.75, 3.05) is 20.2 Å². The largest absolute Gasteiger partial charge is 0.508 e. The SMILES string of the molecule is CC/C(=C(/c1ccc(O)cc1)c1ccc(OCCNC)c(Br)c1)c1ccccc1. The molecule has 3 aromatic rings. The normalized spacial score (nSPS) is 11.8.